The van der Waals surface area contributed by atoms with Gasteiger partial charge in [-0.2, -0.15) is 0 Å². The van der Waals surface area contributed by atoms with Crippen molar-refractivity contribution in [3.63, 3.8) is 0 Å². The van der Waals surface area contributed by atoms with Crippen LogP contribution in [0.25, 0.3) is 0 Å². The predicted octanol–water partition coefficient (Wildman–Crippen LogP) is 5.60. The van der Waals surface area contributed by atoms with Crippen LogP contribution in [-0.2, 0) is 12.8 Å². The Hall–Kier alpha value is -2.58. The van der Waals surface area contributed by atoms with E-state index in [1.165, 1.54) is 22.3 Å². The van der Waals surface area contributed by atoms with Gasteiger partial charge in [0.15, 0.2) is 0 Å². The lowest BCUT2D eigenvalue weighted by Crippen LogP contribution is -2.38. The molecule has 3 aromatic rings. The van der Waals surface area contributed by atoms with Crippen LogP contribution in [0.3, 0.4) is 0 Å². The highest BCUT2D eigenvalue weighted by Gasteiger charge is 2.31. The maximum Gasteiger partial charge on any atom is 0.118 e. The monoisotopic (exact) mass is 357 g/mol. The molecule has 4 rings (SSSR count). The highest BCUT2D eigenvalue weighted by molar-refractivity contribution is 5.36. The Labute approximate surface area is 162 Å². The van der Waals surface area contributed by atoms with E-state index in [4.69, 9.17) is 4.74 Å². The smallest absolute Gasteiger partial charge is 0.118 e. The molecule has 0 radical (unpaired) electrons. The van der Waals surface area contributed by atoms with E-state index in [0.717, 1.165) is 25.1 Å². The molecule has 0 bridgehead atoms. The second-order valence-electron chi connectivity index (χ2n) is 7.34. The molecule has 1 aliphatic rings. The maximum atomic E-state index is 5.32. The summed E-state index contributed by atoms with van der Waals surface area (Å²) in [5, 5.41) is 0. The summed E-state index contributed by atoms with van der Waals surface area (Å²) in [6, 6.07) is 29.1. The van der Waals surface area contributed by atoms with E-state index < -0.39 is 0 Å². The van der Waals surface area contributed by atoms with Gasteiger partial charge >= 0.3 is 0 Å². The zero-order valence-corrected chi connectivity index (χ0v) is 16.1. The number of methoxy groups -OCH3 is 1. The van der Waals surface area contributed by atoms with Crippen molar-refractivity contribution < 1.29 is 4.74 Å². The van der Waals surface area contributed by atoms with Crippen LogP contribution in [0.2, 0.25) is 0 Å². The second kappa shape index (κ2) is 7.98. The molecule has 0 aromatic heterocycles. The van der Waals surface area contributed by atoms with Crippen LogP contribution in [0.15, 0.2) is 78.9 Å². The Kier molecular flexibility index (Phi) is 5.26. The van der Waals surface area contributed by atoms with Crippen molar-refractivity contribution >= 4 is 0 Å². The quantitative estimate of drug-likeness (QED) is 0.589. The van der Waals surface area contributed by atoms with Crippen LogP contribution in [0.4, 0.5) is 0 Å². The van der Waals surface area contributed by atoms with E-state index in [9.17, 15) is 0 Å². The Morgan fingerprint density at radius 3 is 2.37 bits per heavy atom. The number of hydrogen-bond acceptors (Lipinski definition) is 2. The number of nitrogens with zero attached hydrogens (tertiary/aromatic N) is 1. The third-order valence-corrected chi connectivity index (χ3v) is 5.82. The summed E-state index contributed by atoms with van der Waals surface area (Å²) in [7, 11) is 1.72. The zero-order valence-electron chi connectivity index (χ0n) is 16.1. The number of ether oxygens (including phenoxy) is 1. The van der Waals surface area contributed by atoms with E-state index in [1.807, 2.05) is 0 Å². The van der Waals surface area contributed by atoms with Crippen molar-refractivity contribution in [2.24, 2.45) is 0 Å². The first-order valence-electron chi connectivity index (χ1n) is 9.77. The van der Waals surface area contributed by atoms with Gasteiger partial charge in [0.1, 0.15) is 5.75 Å². The van der Waals surface area contributed by atoms with E-state index in [2.05, 4.69) is 90.7 Å². The van der Waals surface area contributed by atoms with Gasteiger partial charge in [0.05, 0.1) is 7.11 Å². The molecular formula is C25H27NO. The van der Waals surface area contributed by atoms with E-state index in [-0.39, 0.29) is 0 Å². The second-order valence-corrected chi connectivity index (χ2v) is 7.34. The van der Waals surface area contributed by atoms with Gasteiger partial charge in [-0.05, 0) is 54.2 Å². The molecule has 2 heteroatoms. The molecule has 0 unspecified atom stereocenters. The normalized spacial score (nSPS) is 17.9. The predicted molar refractivity (Wildman–Crippen MR) is 111 cm³/mol. The SMILES string of the molecule is COc1ccc(C[C@H]2c3ccccc3CCN2[C@@H](C)c2ccccc2)cc1. The van der Waals surface area contributed by atoms with Crippen LogP contribution in [0, 0.1) is 0 Å². The lowest BCUT2D eigenvalue weighted by atomic mass is 9.87. The number of benzene rings is 3. The van der Waals surface area contributed by atoms with Gasteiger partial charge in [0.25, 0.3) is 0 Å². The molecule has 0 fully saturated rings. The average molecular weight is 357 g/mol. The first kappa shape index (κ1) is 17.8. The fraction of sp³-hybridized carbons (Fsp3) is 0.280. The molecule has 0 spiro atoms. The molecule has 0 saturated heterocycles. The molecular weight excluding hydrogens is 330 g/mol. The molecule has 0 aliphatic carbocycles. The molecule has 3 aromatic carbocycles. The van der Waals surface area contributed by atoms with Crippen LogP contribution in [0.5, 0.6) is 5.75 Å². The molecule has 1 aliphatic heterocycles. The summed E-state index contributed by atoms with van der Waals surface area (Å²) < 4.78 is 5.32. The highest BCUT2D eigenvalue weighted by atomic mass is 16.5. The summed E-state index contributed by atoms with van der Waals surface area (Å²) in [6.07, 6.45) is 2.13. The highest BCUT2D eigenvalue weighted by Crippen LogP contribution is 2.38. The van der Waals surface area contributed by atoms with Crippen LogP contribution in [-0.4, -0.2) is 18.6 Å². The summed E-state index contributed by atoms with van der Waals surface area (Å²) in [4.78, 5) is 2.67. The number of rotatable bonds is 5. The molecule has 1 heterocycles. The zero-order chi connectivity index (χ0) is 18.6. The van der Waals surface area contributed by atoms with Gasteiger partial charge in [-0.1, -0.05) is 66.7 Å². The summed E-state index contributed by atoms with van der Waals surface area (Å²) in [5.41, 5.74) is 5.70. The fourth-order valence-electron chi connectivity index (χ4n) is 4.27. The van der Waals surface area contributed by atoms with E-state index in [1.54, 1.807) is 7.11 Å². The minimum Gasteiger partial charge on any atom is -0.497 e. The van der Waals surface area contributed by atoms with Gasteiger partial charge in [-0.3, -0.25) is 4.90 Å². The molecule has 27 heavy (non-hydrogen) atoms. The first-order chi connectivity index (χ1) is 13.3. The minimum absolute atomic E-state index is 0.388. The number of fused-ring (bicyclic) bond motifs is 1. The van der Waals surface area contributed by atoms with Crippen molar-refractivity contribution in [2.45, 2.75) is 31.8 Å². The molecule has 0 amide bonds. The standard InChI is InChI=1S/C25H27NO/c1-19(21-8-4-3-5-9-21)26-17-16-22-10-6-7-11-24(22)25(26)18-20-12-14-23(27-2)15-13-20/h3-15,19,25H,16-18H2,1-2H3/t19-,25-/m0/s1. The largest absolute Gasteiger partial charge is 0.497 e. The minimum atomic E-state index is 0.388. The topological polar surface area (TPSA) is 12.5 Å². The van der Waals surface area contributed by atoms with Crippen molar-refractivity contribution in [1.29, 1.82) is 0 Å². The van der Waals surface area contributed by atoms with Crippen molar-refractivity contribution in [1.82, 2.24) is 4.90 Å². The van der Waals surface area contributed by atoms with Gasteiger partial charge in [-0.15, -0.1) is 0 Å². The van der Waals surface area contributed by atoms with E-state index >= 15 is 0 Å². The van der Waals surface area contributed by atoms with Crippen LogP contribution >= 0.6 is 0 Å². The van der Waals surface area contributed by atoms with Gasteiger partial charge in [0, 0.05) is 18.6 Å². The Balaban J connectivity index is 1.67. The van der Waals surface area contributed by atoms with Crippen LogP contribution in [0.1, 0.15) is 41.3 Å². The summed E-state index contributed by atoms with van der Waals surface area (Å²) in [6.45, 7) is 3.43. The molecule has 2 atom stereocenters. The average Bonchev–Trinajstić information content (AvgIpc) is 2.74. The summed E-state index contributed by atoms with van der Waals surface area (Å²) in [5.74, 6) is 0.914. The van der Waals surface area contributed by atoms with Gasteiger partial charge in [-0.25, -0.2) is 0 Å². The fourth-order valence-corrected chi connectivity index (χ4v) is 4.27. The number of hydrogen-bond donors (Lipinski definition) is 0. The lowest BCUT2D eigenvalue weighted by Gasteiger charge is -2.41. The van der Waals surface area contributed by atoms with Crippen LogP contribution < -0.4 is 4.74 Å². The van der Waals surface area contributed by atoms with Crippen molar-refractivity contribution in [2.75, 3.05) is 13.7 Å². The molecule has 0 saturated carbocycles. The molecule has 2 nitrogen and oxygen atoms in total. The molecule has 138 valence electrons. The Bertz CT molecular complexity index is 872. The lowest BCUT2D eigenvalue weighted by molar-refractivity contribution is 0.132. The molecule has 0 N–H and O–H groups in total. The van der Waals surface area contributed by atoms with Crippen molar-refractivity contribution in [3.8, 4) is 5.75 Å². The third kappa shape index (κ3) is 3.77. The Morgan fingerprint density at radius 2 is 1.63 bits per heavy atom. The van der Waals surface area contributed by atoms with Crippen molar-refractivity contribution in [3.05, 3.63) is 101 Å². The van der Waals surface area contributed by atoms with Gasteiger partial charge < -0.3 is 4.74 Å². The summed E-state index contributed by atoms with van der Waals surface area (Å²) >= 11 is 0. The third-order valence-electron chi connectivity index (χ3n) is 5.82. The van der Waals surface area contributed by atoms with Gasteiger partial charge in [0.2, 0.25) is 0 Å². The maximum absolute atomic E-state index is 5.32. The Morgan fingerprint density at radius 1 is 0.926 bits per heavy atom. The van der Waals surface area contributed by atoms with E-state index in [0.29, 0.717) is 12.1 Å². The first-order valence-corrected chi connectivity index (χ1v) is 9.77.